The molecule has 0 amide bonds. The van der Waals surface area contributed by atoms with Crippen LogP contribution in [-0.2, 0) is 0 Å². The molecule has 0 saturated carbocycles. The van der Waals surface area contributed by atoms with Crippen LogP contribution in [0.15, 0.2) is 12.1 Å². The van der Waals surface area contributed by atoms with Crippen molar-refractivity contribution in [2.75, 3.05) is 11.1 Å². The molecular weight excluding hydrogens is 234 g/mol. The molecule has 0 aliphatic carbocycles. The largest absolute Gasteiger partial charge is 0.507 e. The summed E-state index contributed by atoms with van der Waals surface area (Å²) in [4.78, 5) is 11.3. The minimum Gasteiger partial charge on any atom is -0.507 e. The lowest BCUT2D eigenvalue weighted by molar-refractivity contribution is 0.102. The monoisotopic (exact) mass is 243 g/mol. The maximum Gasteiger partial charge on any atom is 0.177 e. The topological polar surface area (TPSA) is 63.3 Å². The number of anilines is 1. The molecule has 1 aromatic carbocycles. The number of Topliss-reactive ketones (excluding diaryl/α,β-unsaturated/α-hetero) is 1. The van der Waals surface area contributed by atoms with E-state index >= 15 is 0 Å². The van der Waals surface area contributed by atoms with Crippen molar-refractivity contribution < 1.29 is 9.90 Å². The van der Waals surface area contributed by atoms with Gasteiger partial charge in [0, 0.05) is 5.69 Å². The Hall–Kier alpha value is -1.03. The first-order chi connectivity index (χ1) is 6.06. The second-order valence-electron chi connectivity index (χ2n) is 2.79. The zero-order valence-corrected chi connectivity index (χ0v) is 8.76. The van der Waals surface area contributed by atoms with Crippen LogP contribution in [0.3, 0.4) is 0 Å². The lowest BCUT2D eigenvalue weighted by atomic mass is 10.1. The molecule has 3 N–H and O–H groups in total. The van der Waals surface area contributed by atoms with Crippen LogP contribution in [0.4, 0.5) is 5.69 Å². The van der Waals surface area contributed by atoms with E-state index in [4.69, 9.17) is 5.73 Å². The zero-order valence-electron chi connectivity index (χ0n) is 7.17. The molecule has 1 rings (SSSR count). The SMILES string of the molecule is Cc1cc(N)cc(C(=O)CBr)c1O. The van der Waals surface area contributed by atoms with E-state index in [9.17, 15) is 9.90 Å². The van der Waals surface area contributed by atoms with E-state index < -0.39 is 0 Å². The second kappa shape index (κ2) is 3.79. The number of alkyl halides is 1. The first-order valence-corrected chi connectivity index (χ1v) is 4.86. The van der Waals surface area contributed by atoms with E-state index in [0.717, 1.165) is 0 Å². The Morgan fingerprint density at radius 2 is 2.23 bits per heavy atom. The maximum absolute atomic E-state index is 11.3. The minimum absolute atomic E-state index is 0.0126. The van der Waals surface area contributed by atoms with Crippen LogP contribution in [0.25, 0.3) is 0 Å². The van der Waals surface area contributed by atoms with E-state index in [1.807, 2.05) is 0 Å². The highest BCUT2D eigenvalue weighted by atomic mass is 79.9. The van der Waals surface area contributed by atoms with Gasteiger partial charge in [-0.25, -0.2) is 0 Å². The average molecular weight is 244 g/mol. The fraction of sp³-hybridized carbons (Fsp3) is 0.222. The van der Waals surface area contributed by atoms with E-state index in [-0.39, 0.29) is 22.4 Å². The number of nitrogen functional groups attached to an aromatic ring is 1. The summed E-state index contributed by atoms with van der Waals surface area (Å²) in [5, 5.41) is 9.71. The number of phenolic OH excluding ortho intramolecular Hbond substituents is 1. The van der Waals surface area contributed by atoms with Crippen molar-refractivity contribution in [3.8, 4) is 5.75 Å². The molecule has 0 unspecified atom stereocenters. The Balaban J connectivity index is 3.28. The molecule has 0 radical (unpaired) electrons. The third kappa shape index (κ3) is 2.01. The van der Waals surface area contributed by atoms with Crippen LogP contribution in [0.2, 0.25) is 0 Å². The van der Waals surface area contributed by atoms with Gasteiger partial charge in [0.05, 0.1) is 10.9 Å². The molecular formula is C9H10BrNO2. The first-order valence-electron chi connectivity index (χ1n) is 3.74. The third-order valence-electron chi connectivity index (χ3n) is 1.74. The van der Waals surface area contributed by atoms with Crippen molar-refractivity contribution in [3.05, 3.63) is 23.3 Å². The number of nitrogens with two attached hydrogens (primary N) is 1. The van der Waals surface area contributed by atoms with Gasteiger partial charge in [-0.3, -0.25) is 4.79 Å². The molecule has 0 saturated heterocycles. The van der Waals surface area contributed by atoms with Gasteiger partial charge in [0.2, 0.25) is 0 Å². The summed E-state index contributed by atoms with van der Waals surface area (Å²) in [6.45, 7) is 1.71. The van der Waals surface area contributed by atoms with Gasteiger partial charge in [0.1, 0.15) is 5.75 Å². The summed E-state index contributed by atoms with van der Waals surface area (Å²) in [5.41, 5.74) is 6.92. The Bertz CT molecular complexity index is 350. The molecule has 0 fully saturated rings. The van der Waals surface area contributed by atoms with Crippen molar-refractivity contribution in [1.82, 2.24) is 0 Å². The molecule has 4 heteroatoms. The predicted octanol–water partition coefficient (Wildman–Crippen LogP) is 1.86. The Morgan fingerprint density at radius 3 is 2.77 bits per heavy atom. The van der Waals surface area contributed by atoms with Crippen molar-refractivity contribution in [3.63, 3.8) is 0 Å². The summed E-state index contributed by atoms with van der Waals surface area (Å²) >= 11 is 3.03. The zero-order chi connectivity index (χ0) is 10.0. The number of ketones is 1. The maximum atomic E-state index is 11.3. The van der Waals surface area contributed by atoms with Crippen LogP contribution in [0.5, 0.6) is 5.75 Å². The van der Waals surface area contributed by atoms with Gasteiger partial charge in [-0.2, -0.15) is 0 Å². The smallest absolute Gasteiger partial charge is 0.177 e. The summed E-state index contributed by atoms with van der Waals surface area (Å²) in [5.74, 6) is -0.161. The van der Waals surface area contributed by atoms with E-state index in [1.54, 1.807) is 13.0 Å². The number of aryl methyl sites for hydroxylation is 1. The number of halogens is 1. The highest BCUT2D eigenvalue weighted by Gasteiger charge is 2.12. The summed E-state index contributed by atoms with van der Waals surface area (Å²) in [6, 6.07) is 3.10. The molecule has 1 aromatic rings. The van der Waals surface area contributed by atoms with Crippen molar-refractivity contribution in [2.45, 2.75) is 6.92 Å². The molecule has 0 spiro atoms. The standard InChI is InChI=1S/C9H10BrNO2/c1-5-2-6(11)3-7(9(5)13)8(12)4-10/h2-3,13H,4,11H2,1H3. The first kappa shape index (κ1) is 10.1. The highest BCUT2D eigenvalue weighted by molar-refractivity contribution is 9.09. The van der Waals surface area contributed by atoms with Gasteiger partial charge in [0.15, 0.2) is 5.78 Å². The van der Waals surface area contributed by atoms with Crippen molar-refractivity contribution in [2.24, 2.45) is 0 Å². The van der Waals surface area contributed by atoms with Gasteiger partial charge in [0.25, 0.3) is 0 Å². The minimum atomic E-state index is -0.173. The summed E-state index contributed by atoms with van der Waals surface area (Å²) in [7, 11) is 0. The normalized spacial score (nSPS) is 10.0. The Labute approximate surface area is 84.7 Å². The van der Waals surface area contributed by atoms with Crippen LogP contribution in [-0.4, -0.2) is 16.2 Å². The fourth-order valence-corrected chi connectivity index (χ4v) is 1.39. The van der Waals surface area contributed by atoms with Gasteiger partial charge >= 0.3 is 0 Å². The number of phenols is 1. The molecule has 0 aromatic heterocycles. The highest BCUT2D eigenvalue weighted by Crippen LogP contribution is 2.25. The van der Waals surface area contributed by atoms with Crippen LogP contribution in [0, 0.1) is 6.92 Å². The van der Waals surface area contributed by atoms with Crippen LogP contribution >= 0.6 is 15.9 Å². The van der Waals surface area contributed by atoms with E-state index in [2.05, 4.69) is 15.9 Å². The summed E-state index contributed by atoms with van der Waals surface area (Å²) in [6.07, 6.45) is 0. The Morgan fingerprint density at radius 1 is 1.62 bits per heavy atom. The lowest BCUT2D eigenvalue weighted by Crippen LogP contribution is -2.02. The number of hydrogen-bond acceptors (Lipinski definition) is 3. The number of hydrogen-bond donors (Lipinski definition) is 2. The van der Waals surface area contributed by atoms with Gasteiger partial charge in [-0.15, -0.1) is 0 Å². The number of aromatic hydroxyl groups is 1. The van der Waals surface area contributed by atoms with Crippen LogP contribution < -0.4 is 5.73 Å². The number of carbonyl (C=O) groups is 1. The Kier molecular flexibility index (Phi) is 2.93. The molecule has 0 aliphatic heterocycles. The van der Waals surface area contributed by atoms with Gasteiger partial charge in [-0.05, 0) is 24.6 Å². The second-order valence-corrected chi connectivity index (χ2v) is 3.35. The molecule has 13 heavy (non-hydrogen) atoms. The van der Waals surface area contributed by atoms with E-state index in [1.165, 1.54) is 6.07 Å². The van der Waals surface area contributed by atoms with Crippen LogP contribution in [0.1, 0.15) is 15.9 Å². The van der Waals surface area contributed by atoms with Gasteiger partial charge < -0.3 is 10.8 Å². The molecule has 0 heterocycles. The van der Waals surface area contributed by atoms with Crippen molar-refractivity contribution in [1.29, 1.82) is 0 Å². The third-order valence-corrected chi connectivity index (χ3v) is 2.25. The molecule has 70 valence electrons. The average Bonchev–Trinajstić information content (AvgIpc) is 2.10. The number of carbonyl (C=O) groups excluding carboxylic acids is 1. The van der Waals surface area contributed by atoms with Gasteiger partial charge in [-0.1, -0.05) is 15.9 Å². The lowest BCUT2D eigenvalue weighted by Gasteiger charge is -2.06. The molecule has 0 atom stereocenters. The van der Waals surface area contributed by atoms with Crippen molar-refractivity contribution >= 4 is 27.4 Å². The number of benzene rings is 1. The quantitative estimate of drug-likeness (QED) is 0.361. The summed E-state index contributed by atoms with van der Waals surface area (Å²) < 4.78 is 0. The molecule has 0 aliphatic rings. The van der Waals surface area contributed by atoms with E-state index in [0.29, 0.717) is 11.3 Å². The molecule has 3 nitrogen and oxygen atoms in total. The predicted molar refractivity (Wildman–Crippen MR) is 55.4 cm³/mol. The number of rotatable bonds is 2. The fourth-order valence-electron chi connectivity index (χ4n) is 1.09. The molecule has 0 bridgehead atoms.